The molecular formula is C16H32O4S. The van der Waals surface area contributed by atoms with E-state index in [1.165, 1.54) is 38.5 Å². The average Bonchev–Trinajstić information content (AvgIpc) is 2.38. The summed E-state index contributed by atoms with van der Waals surface area (Å²) in [6.07, 6.45) is 11.8. The van der Waals surface area contributed by atoms with E-state index < -0.39 is 11.9 Å². The van der Waals surface area contributed by atoms with Gasteiger partial charge >= 0.3 is 11.9 Å². The topological polar surface area (TPSA) is 74.6 Å². The predicted octanol–water partition coefficient (Wildman–Crippen LogP) is 5.51. The zero-order chi connectivity index (χ0) is 15.6. The van der Waals surface area contributed by atoms with Gasteiger partial charge in [-0.3, -0.25) is 9.59 Å². The lowest BCUT2D eigenvalue weighted by atomic mass is 10.1. The number of aliphatic carboxylic acids is 2. The molecule has 4 nitrogen and oxygen atoms in total. The lowest BCUT2D eigenvalue weighted by Gasteiger charge is -1.95. The van der Waals surface area contributed by atoms with E-state index in [0.717, 1.165) is 25.7 Å². The van der Waals surface area contributed by atoms with E-state index in [1.54, 1.807) is 0 Å². The molecule has 0 amide bonds. The third kappa shape index (κ3) is 32.6. The van der Waals surface area contributed by atoms with Crippen LogP contribution in [0.1, 0.15) is 90.9 Å². The summed E-state index contributed by atoms with van der Waals surface area (Å²) in [5.74, 6) is -1.34. The lowest BCUT2D eigenvalue weighted by Crippen LogP contribution is -1.93. The minimum absolute atomic E-state index is 0. The first kappa shape index (κ1) is 25.3. The van der Waals surface area contributed by atoms with Crippen LogP contribution in [0.3, 0.4) is 0 Å². The van der Waals surface area contributed by atoms with Crippen LogP contribution in [-0.4, -0.2) is 22.2 Å². The van der Waals surface area contributed by atoms with Crippen LogP contribution in [0.15, 0.2) is 0 Å². The van der Waals surface area contributed by atoms with Crippen LogP contribution in [0.25, 0.3) is 0 Å². The van der Waals surface area contributed by atoms with Crippen molar-refractivity contribution in [1.82, 2.24) is 0 Å². The van der Waals surface area contributed by atoms with Crippen molar-refractivity contribution in [2.75, 3.05) is 0 Å². The molecule has 0 heterocycles. The summed E-state index contributed by atoms with van der Waals surface area (Å²) < 4.78 is 0. The molecule has 0 saturated heterocycles. The normalized spacial score (nSPS) is 9.24. The van der Waals surface area contributed by atoms with Crippen molar-refractivity contribution in [2.45, 2.75) is 90.9 Å². The maximum atomic E-state index is 10.0. The summed E-state index contributed by atoms with van der Waals surface area (Å²) in [7, 11) is 0. The quantitative estimate of drug-likeness (QED) is 0.465. The molecule has 21 heavy (non-hydrogen) atoms. The Morgan fingerprint density at radius 1 is 0.619 bits per heavy atom. The summed E-state index contributed by atoms with van der Waals surface area (Å²) >= 11 is 0. The predicted molar refractivity (Wildman–Crippen MR) is 89.6 cm³/mol. The Morgan fingerprint density at radius 2 is 0.905 bits per heavy atom. The van der Waals surface area contributed by atoms with Gasteiger partial charge in [0.1, 0.15) is 0 Å². The lowest BCUT2D eigenvalue weighted by molar-refractivity contribution is -0.138. The number of carboxylic acid groups (broad SMARTS) is 2. The number of rotatable bonds is 12. The molecule has 0 atom stereocenters. The van der Waals surface area contributed by atoms with Crippen LogP contribution >= 0.6 is 13.5 Å². The molecule has 0 aliphatic heterocycles. The molecule has 0 rings (SSSR count). The highest BCUT2D eigenvalue weighted by atomic mass is 32.1. The molecule has 0 aliphatic rings. The van der Waals surface area contributed by atoms with Gasteiger partial charge < -0.3 is 10.2 Å². The Morgan fingerprint density at radius 3 is 1.14 bits per heavy atom. The van der Waals surface area contributed by atoms with E-state index in [1.807, 2.05) is 0 Å². The van der Waals surface area contributed by atoms with Gasteiger partial charge in [0.15, 0.2) is 0 Å². The molecule has 0 fully saturated rings. The van der Waals surface area contributed by atoms with Gasteiger partial charge in [-0.05, 0) is 12.8 Å². The van der Waals surface area contributed by atoms with E-state index >= 15 is 0 Å². The van der Waals surface area contributed by atoms with Crippen LogP contribution in [0, 0.1) is 0 Å². The molecule has 0 spiro atoms. The van der Waals surface area contributed by atoms with Gasteiger partial charge in [-0.1, -0.05) is 65.2 Å². The molecule has 0 aromatic heterocycles. The fraction of sp³-hybridized carbons (Fsp3) is 0.875. The van der Waals surface area contributed by atoms with Gasteiger partial charge in [-0.2, -0.15) is 0 Å². The van der Waals surface area contributed by atoms with Crippen molar-refractivity contribution in [1.29, 1.82) is 0 Å². The molecule has 5 heteroatoms. The third-order valence-electron chi connectivity index (χ3n) is 2.99. The van der Waals surface area contributed by atoms with Gasteiger partial charge in [0, 0.05) is 26.3 Å². The first-order chi connectivity index (χ1) is 9.54. The fourth-order valence-corrected chi connectivity index (χ4v) is 1.76. The van der Waals surface area contributed by atoms with Crippen LogP contribution in [0.2, 0.25) is 0 Å². The standard InChI is InChI=1S/2C8H16O2.S/c2*1-2-3-4-5-6-7-8(9)10;/h2*2-7H2,1H3,(H,9,10);. The van der Waals surface area contributed by atoms with Crippen molar-refractivity contribution < 1.29 is 19.8 Å². The molecule has 0 saturated carbocycles. The maximum absolute atomic E-state index is 10.0. The average molecular weight is 320 g/mol. The van der Waals surface area contributed by atoms with E-state index in [-0.39, 0.29) is 13.5 Å². The molecule has 126 valence electrons. The molecule has 0 unspecified atom stereocenters. The second-order valence-electron chi connectivity index (χ2n) is 5.12. The monoisotopic (exact) mass is 320 g/mol. The molecule has 0 aromatic rings. The minimum Gasteiger partial charge on any atom is -0.481 e. The first-order valence-corrected chi connectivity index (χ1v) is 7.98. The number of unbranched alkanes of at least 4 members (excludes halogenated alkanes) is 8. The number of hydrogen-bond donors (Lipinski definition) is 2. The third-order valence-corrected chi connectivity index (χ3v) is 2.99. The summed E-state index contributed by atoms with van der Waals surface area (Å²) in [6, 6.07) is 0. The number of carbonyl (C=O) groups is 2. The van der Waals surface area contributed by atoms with Crippen LogP contribution in [0.4, 0.5) is 0 Å². The molecule has 0 aromatic carbocycles. The Hall–Kier alpha value is -0.710. The Bertz CT molecular complexity index is 208. The Kier molecular flexibility index (Phi) is 26.0. The van der Waals surface area contributed by atoms with E-state index in [4.69, 9.17) is 10.2 Å². The number of carboxylic acids is 2. The Balaban J connectivity index is -0.000000295. The SMILES string of the molecule is CCCCCCCC(=O)O.CCCCCCCC(=O)O.[S]. The zero-order valence-corrected chi connectivity index (χ0v) is 14.4. The highest BCUT2D eigenvalue weighted by molar-refractivity contribution is 7.59. The zero-order valence-electron chi connectivity index (χ0n) is 13.6. The molecular weight excluding hydrogens is 288 g/mol. The van der Waals surface area contributed by atoms with Gasteiger partial charge in [0.05, 0.1) is 0 Å². The van der Waals surface area contributed by atoms with Crippen LogP contribution in [0.5, 0.6) is 0 Å². The first-order valence-electron chi connectivity index (χ1n) is 7.98. The molecule has 2 N–H and O–H groups in total. The fourth-order valence-electron chi connectivity index (χ4n) is 1.76. The summed E-state index contributed by atoms with van der Waals surface area (Å²) in [4.78, 5) is 20.1. The highest BCUT2D eigenvalue weighted by Crippen LogP contribution is 2.04. The molecule has 0 aliphatic carbocycles. The van der Waals surface area contributed by atoms with Crippen molar-refractivity contribution in [2.24, 2.45) is 0 Å². The largest absolute Gasteiger partial charge is 0.481 e. The molecule has 0 bridgehead atoms. The Labute approximate surface area is 136 Å². The minimum atomic E-state index is -0.670. The van der Waals surface area contributed by atoms with Crippen LogP contribution < -0.4 is 0 Å². The van der Waals surface area contributed by atoms with E-state index in [9.17, 15) is 9.59 Å². The van der Waals surface area contributed by atoms with E-state index in [2.05, 4.69) is 13.8 Å². The van der Waals surface area contributed by atoms with Gasteiger partial charge in [-0.15, -0.1) is 0 Å². The van der Waals surface area contributed by atoms with Crippen molar-refractivity contribution in [3.63, 3.8) is 0 Å². The van der Waals surface area contributed by atoms with Crippen molar-refractivity contribution in [3.05, 3.63) is 0 Å². The number of hydrogen-bond acceptors (Lipinski definition) is 2. The van der Waals surface area contributed by atoms with Crippen molar-refractivity contribution in [3.8, 4) is 0 Å². The maximum Gasteiger partial charge on any atom is 0.303 e. The summed E-state index contributed by atoms with van der Waals surface area (Å²) in [6.45, 7) is 4.30. The summed E-state index contributed by atoms with van der Waals surface area (Å²) in [5, 5.41) is 16.5. The van der Waals surface area contributed by atoms with Gasteiger partial charge in [-0.25, -0.2) is 0 Å². The molecule has 2 radical (unpaired) electrons. The highest BCUT2D eigenvalue weighted by Gasteiger charge is 1.95. The van der Waals surface area contributed by atoms with E-state index in [0.29, 0.717) is 12.8 Å². The van der Waals surface area contributed by atoms with Crippen molar-refractivity contribution >= 4 is 25.4 Å². The summed E-state index contributed by atoms with van der Waals surface area (Å²) in [5.41, 5.74) is 0. The van der Waals surface area contributed by atoms with Gasteiger partial charge in [0.2, 0.25) is 0 Å². The second-order valence-corrected chi connectivity index (χ2v) is 5.12. The van der Waals surface area contributed by atoms with Gasteiger partial charge in [0.25, 0.3) is 0 Å². The second kappa shape index (κ2) is 21.6. The van der Waals surface area contributed by atoms with Crippen LogP contribution in [-0.2, 0) is 9.59 Å². The smallest absolute Gasteiger partial charge is 0.303 e.